The van der Waals surface area contributed by atoms with Gasteiger partial charge in [-0.1, -0.05) is 6.07 Å². The summed E-state index contributed by atoms with van der Waals surface area (Å²) in [4.78, 5) is 15.7. The van der Waals surface area contributed by atoms with Gasteiger partial charge in [0, 0.05) is 29.4 Å². The minimum atomic E-state index is 0.0583. The highest BCUT2D eigenvalue weighted by molar-refractivity contribution is 7.09. The molecule has 2 aromatic heterocycles. The van der Waals surface area contributed by atoms with Crippen LogP contribution in [-0.4, -0.2) is 27.1 Å². The number of aromatic nitrogens is 2. The fourth-order valence-corrected chi connectivity index (χ4v) is 3.00. The summed E-state index contributed by atoms with van der Waals surface area (Å²) in [6, 6.07) is 13.5. The van der Waals surface area contributed by atoms with Crippen molar-refractivity contribution in [3.05, 3.63) is 70.7 Å². The van der Waals surface area contributed by atoms with E-state index in [9.17, 15) is 4.79 Å². The van der Waals surface area contributed by atoms with Crippen molar-refractivity contribution in [2.45, 2.75) is 13.5 Å². The van der Waals surface area contributed by atoms with Gasteiger partial charge in [0.25, 0.3) is 5.91 Å². The van der Waals surface area contributed by atoms with Gasteiger partial charge in [-0.2, -0.15) is 5.10 Å². The first-order chi connectivity index (χ1) is 10.8. The van der Waals surface area contributed by atoms with E-state index in [4.69, 9.17) is 0 Å². The molecule has 1 aromatic carbocycles. The molecule has 0 saturated heterocycles. The largest absolute Gasteiger partial charge is 0.334 e. The van der Waals surface area contributed by atoms with Crippen LogP contribution in [0.15, 0.2) is 60.2 Å². The van der Waals surface area contributed by atoms with E-state index in [0.29, 0.717) is 18.7 Å². The van der Waals surface area contributed by atoms with Crippen molar-refractivity contribution in [3.63, 3.8) is 0 Å². The summed E-state index contributed by atoms with van der Waals surface area (Å²) in [5.41, 5.74) is 1.65. The third-order valence-electron chi connectivity index (χ3n) is 3.48. The zero-order valence-electron chi connectivity index (χ0n) is 12.3. The Morgan fingerprint density at radius 2 is 2.05 bits per heavy atom. The first-order valence-corrected chi connectivity index (χ1v) is 8.07. The number of thiophene rings is 1. The SMILES string of the molecule is CCN(Cc1cccs1)C(=O)c1ccc(-n2cccn2)cc1. The number of nitrogens with zero attached hydrogens (tertiary/aromatic N) is 3. The first kappa shape index (κ1) is 14.5. The number of amides is 1. The summed E-state index contributed by atoms with van der Waals surface area (Å²) in [6.07, 6.45) is 3.62. The fourth-order valence-electron chi connectivity index (χ4n) is 2.28. The smallest absolute Gasteiger partial charge is 0.254 e. The molecule has 1 amide bonds. The molecule has 0 saturated carbocycles. The van der Waals surface area contributed by atoms with Crippen molar-refractivity contribution in [1.82, 2.24) is 14.7 Å². The average Bonchev–Trinajstić information content (AvgIpc) is 3.25. The van der Waals surface area contributed by atoms with Crippen molar-refractivity contribution in [2.75, 3.05) is 6.54 Å². The standard InChI is InChI=1S/C17H17N3OS/c1-2-19(13-16-5-3-12-22-16)17(21)14-6-8-15(9-7-14)20-11-4-10-18-20/h3-12H,2,13H2,1H3. The second kappa shape index (κ2) is 6.58. The fraction of sp³-hybridized carbons (Fsp3) is 0.176. The van der Waals surface area contributed by atoms with E-state index in [0.717, 1.165) is 5.69 Å². The Balaban J connectivity index is 1.76. The highest BCUT2D eigenvalue weighted by atomic mass is 32.1. The molecular weight excluding hydrogens is 294 g/mol. The van der Waals surface area contributed by atoms with Crippen LogP contribution in [-0.2, 0) is 6.54 Å². The first-order valence-electron chi connectivity index (χ1n) is 7.19. The maximum atomic E-state index is 12.6. The average molecular weight is 311 g/mol. The predicted molar refractivity (Wildman–Crippen MR) is 88.3 cm³/mol. The van der Waals surface area contributed by atoms with Gasteiger partial charge >= 0.3 is 0 Å². The van der Waals surface area contributed by atoms with Crippen LogP contribution >= 0.6 is 11.3 Å². The highest BCUT2D eigenvalue weighted by Crippen LogP contribution is 2.15. The van der Waals surface area contributed by atoms with E-state index >= 15 is 0 Å². The van der Waals surface area contributed by atoms with E-state index in [1.807, 2.05) is 59.8 Å². The predicted octanol–water partition coefficient (Wildman–Crippen LogP) is 3.60. The van der Waals surface area contributed by atoms with Crippen molar-refractivity contribution in [2.24, 2.45) is 0 Å². The van der Waals surface area contributed by atoms with Gasteiger partial charge < -0.3 is 4.90 Å². The molecule has 112 valence electrons. The Bertz CT molecular complexity index is 718. The van der Waals surface area contributed by atoms with Gasteiger partial charge in [-0.3, -0.25) is 4.79 Å². The van der Waals surface area contributed by atoms with Crippen LogP contribution in [0.2, 0.25) is 0 Å². The maximum absolute atomic E-state index is 12.6. The summed E-state index contributed by atoms with van der Waals surface area (Å²) in [5, 5.41) is 6.22. The molecule has 3 aromatic rings. The Hall–Kier alpha value is -2.40. The van der Waals surface area contributed by atoms with Gasteiger partial charge in [0.15, 0.2) is 0 Å². The van der Waals surface area contributed by atoms with Crippen molar-refractivity contribution < 1.29 is 4.79 Å². The van der Waals surface area contributed by atoms with E-state index in [2.05, 4.69) is 11.2 Å². The Kier molecular flexibility index (Phi) is 4.34. The molecule has 3 rings (SSSR count). The Morgan fingerprint density at radius 3 is 2.64 bits per heavy atom. The van der Waals surface area contributed by atoms with Gasteiger partial charge in [-0.25, -0.2) is 4.68 Å². The molecule has 22 heavy (non-hydrogen) atoms. The molecule has 0 unspecified atom stereocenters. The molecular formula is C17H17N3OS. The lowest BCUT2D eigenvalue weighted by molar-refractivity contribution is 0.0754. The number of hydrogen-bond acceptors (Lipinski definition) is 3. The molecule has 0 spiro atoms. The van der Waals surface area contributed by atoms with Crippen molar-refractivity contribution >= 4 is 17.2 Å². The number of hydrogen-bond donors (Lipinski definition) is 0. The number of carbonyl (C=O) groups is 1. The normalized spacial score (nSPS) is 10.6. The topological polar surface area (TPSA) is 38.1 Å². The molecule has 0 aliphatic carbocycles. The van der Waals surface area contributed by atoms with E-state index in [1.165, 1.54) is 4.88 Å². The Morgan fingerprint density at radius 1 is 1.23 bits per heavy atom. The molecule has 0 bridgehead atoms. The van der Waals surface area contributed by atoms with Crippen LogP contribution in [0.4, 0.5) is 0 Å². The summed E-state index contributed by atoms with van der Waals surface area (Å²) in [7, 11) is 0. The minimum Gasteiger partial charge on any atom is -0.334 e. The van der Waals surface area contributed by atoms with Crippen molar-refractivity contribution in [3.8, 4) is 5.69 Å². The van der Waals surface area contributed by atoms with Gasteiger partial charge in [-0.05, 0) is 48.7 Å². The van der Waals surface area contributed by atoms with Crippen LogP contribution in [0.1, 0.15) is 22.2 Å². The molecule has 0 atom stereocenters. The lowest BCUT2D eigenvalue weighted by Gasteiger charge is -2.20. The molecule has 5 heteroatoms. The van der Waals surface area contributed by atoms with Crippen LogP contribution in [0.3, 0.4) is 0 Å². The highest BCUT2D eigenvalue weighted by Gasteiger charge is 2.15. The number of carbonyl (C=O) groups excluding carboxylic acids is 1. The van der Waals surface area contributed by atoms with Crippen LogP contribution in [0, 0.1) is 0 Å². The minimum absolute atomic E-state index is 0.0583. The van der Waals surface area contributed by atoms with Crippen molar-refractivity contribution in [1.29, 1.82) is 0 Å². The van der Waals surface area contributed by atoms with E-state index < -0.39 is 0 Å². The lowest BCUT2D eigenvalue weighted by atomic mass is 10.1. The van der Waals surface area contributed by atoms with Gasteiger partial charge in [0.2, 0.25) is 0 Å². The van der Waals surface area contributed by atoms with Crippen LogP contribution in [0.25, 0.3) is 5.69 Å². The zero-order chi connectivity index (χ0) is 15.4. The third kappa shape index (κ3) is 3.09. The zero-order valence-corrected chi connectivity index (χ0v) is 13.2. The molecule has 0 radical (unpaired) electrons. The summed E-state index contributed by atoms with van der Waals surface area (Å²) in [5.74, 6) is 0.0583. The third-order valence-corrected chi connectivity index (χ3v) is 4.34. The van der Waals surface area contributed by atoms with Crippen LogP contribution < -0.4 is 0 Å². The quantitative estimate of drug-likeness (QED) is 0.722. The van der Waals surface area contributed by atoms with E-state index in [1.54, 1.807) is 22.2 Å². The summed E-state index contributed by atoms with van der Waals surface area (Å²) < 4.78 is 1.78. The van der Waals surface area contributed by atoms with Gasteiger partial charge in [0.05, 0.1) is 12.2 Å². The molecule has 2 heterocycles. The summed E-state index contributed by atoms with van der Waals surface area (Å²) in [6.45, 7) is 3.36. The molecule has 0 aliphatic rings. The summed E-state index contributed by atoms with van der Waals surface area (Å²) >= 11 is 1.67. The number of rotatable bonds is 5. The second-order valence-electron chi connectivity index (χ2n) is 4.90. The maximum Gasteiger partial charge on any atom is 0.254 e. The van der Waals surface area contributed by atoms with Crippen LogP contribution in [0.5, 0.6) is 0 Å². The lowest BCUT2D eigenvalue weighted by Crippen LogP contribution is -2.29. The number of benzene rings is 1. The molecule has 0 N–H and O–H groups in total. The molecule has 0 aliphatic heterocycles. The Labute approximate surface area is 133 Å². The second-order valence-corrected chi connectivity index (χ2v) is 5.93. The van der Waals surface area contributed by atoms with Gasteiger partial charge in [-0.15, -0.1) is 11.3 Å². The van der Waals surface area contributed by atoms with Gasteiger partial charge in [0.1, 0.15) is 0 Å². The van der Waals surface area contributed by atoms with E-state index in [-0.39, 0.29) is 5.91 Å². The monoisotopic (exact) mass is 311 g/mol. The molecule has 4 nitrogen and oxygen atoms in total. The molecule has 0 fully saturated rings.